The molecule has 0 aliphatic rings. The summed E-state index contributed by atoms with van der Waals surface area (Å²) in [6.07, 6.45) is 7.27. The molecule has 0 fully saturated rings. The van der Waals surface area contributed by atoms with E-state index < -0.39 is 0 Å². The van der Waals surface area contributed by atoms with E-state index in [-0.39, 0.29) is 5.78 Å². The summed E-state index contributed by atoms with van der Waals surface area (Å²) in [4.78, 5) is 17.7. The summed E-state index contributed by atoms with van der Waals surface area (Å²) in [5.41, 5.74) is 4.02. The molecule has 0 bridgehead atoms. The van der Waals surface area contributed by atoms with Crippen molar-refractivity contribution in [3.05, 3.63) is 130 Å². The van der Waals surface area contributed by atoms with Crippen LogP contribution in [0.3, 0.4) is 0 Å². The van der Waals surface area contributed by atoms with E-state index in [0.717, 1.165) is 32.8 Å². The van der Waals surface area contributed by atoms with Crippen LogP contribution in [0, 0.1) is 0 Å². The smallest absolute Gasteiger partial charge is 0.186 e. The number of carbonyl (C=O) groups excluding carboxylic acids is 1. The Morgan fingerprint density at radius 3 is 2.29 bits per heavy atom. The minimum Gasteiger partial charge on any atom is -0.289 e. The van der Waals surface area contributed by atoms with E-state index in [1.165, 1.54) is 0 Å². The van der Waals surface area contributed by atoms with Gasteiger partial charge >= 0.3 is 0 Å². The molecule has 0 N–H and O–H groups in total. The summed E-state index contributed by atoms with van der Waals surface area (Å²) in [6.45, 7) is 0. The maximum Gasteiger partial charge on any atom is 0.186 e. The summed E-state index contributed by atoms with van der Waals surface area (Å²) >= 11 is 12.5. The Bertz CT molecular complexity index is 1600. The summed E-state index contributed by atoms with van der Waals surface area (Å²) in [7, 11) is 0. The molecule has 1 heterocycles. The lowest BCUT2D eigenvalue weighted by molar-refractivity contribution is 0.104. The molecule has 34 heavy (non-hydrogen) atoms. The number of hydrogen-bond acceptors (Lipinski definition) is 2. The van der Waals surface area contributed by atoms with Crippen molar-refractivity contribution < 1.29 is 4.79 Å². The molecule has 5 rings (SSSR count). The van der Waals surface area contributed by atoms with E-state index in [0.29, 0.717) is 21.3 Å². The number of nitrogens with zero attached hydrogens (tertiary/aromatic N) is 1. The first-order valence-electron chi connectivity index (χ1n) is 10.8. The Morgan fingerprint density at radius 1 is 0.706 bits per heavy atom. The zero-order chi connectivity index (χ0) is 23.5. The molecule has 5 aromatic rings. The monoisotopic (exact) mass is 479 g/mol. The standard InChI is InChI=1S/C30H19Cl2NO/c31-27-13-6-9-21(30(27)32)15-16-22-19-23(33-28-14-4-3-11-25(22)28)17-18-29(34)26-12-5-8-20-7-1-2-10-24(20)26/h1-19H/b16-15+,18-17+. The zero-order valence-corrected chi connectivity index (χ0v) is 19.6. The number of benzene rings is 4. The summed E-state index contributed by atoms with van der Waals surface area (Å²) in [6, 6.07) is 29.1. The number of hydrogen-bond donors (Lipinski definition) is 0. The third-order valence-electron chi connectivity index (χ3n) is 5.65. The SMILES string of the molecule is O=C(/C=C/c1cc(/C=C/c2cccc(Cl)c2Cl)c2ccccc2n1)c1cccc2ccccc12. The van der Waals surface area contributed by atoms with Gasteiger partial charge in [-0.05, 0) is 52.3 Å². The fraction of sp³-hybridized carbons (Fsp3) is 0. The van der Waals surface area contributed by atoms with E-state index in [9.17, 15) is 4.79 Å². The molecule has 4 aromatic carbocycles. The quantitative estimate of drug-likeness (QED) is 0.186. The topological polar surface area (TPSA) is 30.0 Å². The van der Waals surface area contributed by atoms with Crippen LogP contribution in [0.1, 0.15) is 27.2 Å². The first-order valence-corrected chi connectivity index (χ1v) is 11.6. The fourth-order valence-electron chi connectivity index (χ4n) is 3.97. The third-order valence-corrected chi connectivity index (χ3v) is 6.49. The van der Waals surface area contributed by atoms with Crippen LogP contribution in [0.4, 0.5) is 0 Å². The molecule has 0 saturated heterocycles. The number of pyridine rings is 1. The van der Waals surface area contributed by atoms with E-state index in [2.05, 4.69) is 0 Å². The van der Waals surface area contributed by atoms with Gasteiger partial charge in [-0.2, -0.15) is 0 Å². The number of carbonyl (C=O) groups is 1. The Labute approximate surface area is 207 Å². The average molecular weight is 480 g/mol. The molecular weight excluding hydrogens is 461 g/mol. The average Bonchev–Trinajstić information content (AvgIpc) is 2.87. The van der Waals surface area contributed by atoms with Crippen molar-refractivity contribution in [2.75, 3.05) is 0 Å². The number of ketones is 1. The van der Waals surface area contributed by atoms with E-state index >= 15 is 0 Å². The number of fused-ring (bicyclic) bond motifs is 2. The molecule has 0 aliphatic carbocycles. The number of allylic oxidation sites excluding steroid dienone is 1. The van der Waals surface area contributed by atoms with Crippen LogP contribution in [-0.2, 0) is 0 Å². The maximum absolute atomic E-state index is 13.0. The Kier molecular flexibility index (Phi) is 6.27. The third kappa shape index (κ3) is 4.51. The summed E-state index contributed by atoms with van der Waals surface area (Å²) in [5, 5.41) is 4.01. The number of rotatable bonds is 5. The first-order chi connectivity index (χ1) is 16.6. The van der Waals surface area contributed by atoms with Crippen molar-refractivity contribution >= 4 is 68.9 Å². The van der Waals surface area contributed by atoms with Crippen molar-refractivity contribution in [2.45, 2.75) is 0 Å². The van der Waals surface area contributed by atoms with Gasteiger partial charge in [0.05, 0.1) is 21.3 Å². The highest BCUT2D eigenvalue weighted by Crippen LogP contribution is 2.28. The predicted octanol–water partition coefficient (Wildman–Crippen LogP) is 8.76. The molecule has 0 unspecified atom stereocenters. The van der Waals surface area contributed by atoms with Gasteiger partial charge in [0.15, 0.2) is 5.78 Å². The number of para-hydroxylation sites is 1. The van der Waals surface area contributed by atoms with Crippen molar-refractivity contribution in [2.24, 2.45) is 0 Å². The van der Waals surface area contributed by atoms with Crippen LogP contribution < -0.4 is 0 Å². The van der Waals surface area contributed by atoms with Crippen LogP contribution in [0.5, 0.6) is 0 Å². The second kappa shape index (κ2) is 9.64. The van der Waals surface area contributed by atoms with E-state index in [4.69, 9.17) is 28.2 Å². The van der Waals surface area contributed by atoms with Gasteiger partial charge in [0, 0.05) is 10.9 Å². The molecule has 4 heteroatoms. The molecule has 0 aliphatic heterocycles. The lowest BCUT2D eigenvalue weighted by atomic mass is 10.0. The highest BCUT2D eigenvalue weighted by atomic mass is 35.5. The van der Waals surface area contributed by atoms with Gasteiger partial charge in [-0.25, -0.2) is 4.98 Å². The second-order valence-corrected chi connectivity index (χ2v) is 8.64. The van der Waals surface area contributed by atoms with Gasteiger partial charge in [0.25, 0.3) is 0 Å². The van der Waals surface area contributed by atoms with Gasteiger partial charge in [0.2, 0.25) is 0 Å². The lowest BCUT2D eigenvalue weighted by Gasteiger charge is -2.06. The number of halogens is 2. The van der Waals surface area contributed by atoms with Gasteiger partial charge in [0.1, 0.15) is 0 Å². The van der Waals surface area contributed by atoms with Crippen LogP contribution >= 0.6 is 23.2 Å². The maximum atomic E-state index is 13.0. The molecule has 0 saturated carbocycles. The molecule has 0 atom stereocenters. The summed E-state index contributed by atoms with van der Waals surface area (Å²) in [5.74, 6) is -0.0606. The van der Waals surface area contributed by atoms with Gasteiger partial charge < -0.3 is 0 Å². The molecule has 164 valence electrons. The predicted molar refractivity (Wildman–Crippen MR) is 144 cm³/mol. The Hall–Kier alpha value is -3.72. The highest BCUT2D eigenvalue weighted by molar-refractivity contribution is 6.43. The first kappa shape index (κ1) is 22.1. The molecular formula is C30H19Cl2NO. The molecule has 0 amide bonds. The zero-order valence-electron chi connectivity index (χ0n) is 18.1. The largest absolute Gasteiger partial charge is 0.289 e. The van der Waals surface area contributed by atoms with E-state index in [1.807, 2.05) is 97.1 Å². The second-order valence-electron chi connectivity index (χ2n) is 7.85. The van der Waals surface area contributed by atoms with Crippen LogP contribution in [-0.4, -0.2) is 10.8 Å². The lowest BCUT2D eigenvalue weighted by Crippen LogP contribution is -1.96. The molecule has 0 radical (unpaired) electrons. The van der Waals surface area contributed by atoms with Crippen LogP contribution in [0.2, 0.25) is 10.0 Å². The molecule has 2 nitrogen and oxygen atoms in total. The summed E-state index contributed by atoms with van der Waals surface area (Å²) < 4.78 is 0. The Balaban J connectivity index is 1.52. The normalized spacial score (nSPS) is 11.7. The van der Waals surface area contributed by atoms with Crippen molar-refractivity contribution in [3.63, 3.8) is 0 Å². The van der Waals surface area contributed by atoms with Crippen LogP contribution in [0.25, 0.3) is 39.9 Å². The minimum atomic E-state index is -0.0606. The fourth-order valence-corrected chi connectivity index (χ4v) is 4.34. The van der Waals surface area contributed by atoms with Gasteiger partial charge in [-0.15, -0.1) is 0 Å². The molecule has 0 spiro atoms. The van der Waals surface area contributed by atoms with Gasteiger partial charge in [-0.3, -0.25) is 4.79 Å². The highest BCUT2D eigenvalue weighted by Gasteiger charge is 2.08. The van der Waals surface area contributed by atoms with Crippen LogP contribution in [0.15, 0.2) is 97.1 Å². The van der Waals surface area contributed by atoms with Crippen molar-refractivity contribution in [1.82, 2.24) is 4.98 Å². The van der Waals surface area contributed by atoms with Crippen molar-refractivity contribution in [3.8, 4) is 0 Å². The van der Waals surface area contributed by atoms with Gasteiger partial charge in [-0.1, -0.05) is 108 Å². The Morgan fingerprint density at radius 2 is 1.41 bits per heavy atom. The van der Waals surface area contributed by atoms with E-state index in [1.54, 1.807) is 18.2 Å². The van der Waals surface area contributed by atoms with Crippen molar-refractivity contribution in [1.29, 1.82) is 0 Å². The molecule has 1 aromatic heterocycles. The minimum absolute atomic E-state index is 0.0606. The number of aromatic nitrogens is 1.